The lowest BCUT2D eigenvalue weighted by atomic mass is 10.1. The Labute approximate surface area is 96.5 Å². The lowest BCUT2D eigenvalue weighted by Crippen LogP contribution is -2.08. The van der Waals surface area contributed by atoms with Gasteiger partial charge in [0.15, 0.2) is 0 Å². The Kier molecular flexibility index (Phi) is 2.86. The average Bonchev–Trinajstić information content (AvgIpc) is 2.77. The zero-order valence-electron chi connectivity index (χ0n) is 9.09. The SMILES string of the molecule is Cc1ccc(-n2ncc(CF)n2)c(C(=O)O)c1. The molecule has 0 atom stereocenters. The van der Waals surface area contributed by atoms with Crippen molar-refractivity contribution in [1.82, 2.24) is 15.0 Å². The highest BCUT2D eigenvalue weighted by Gasteiger charge is 2.13. The zero-order valence-corrected chi connectivity index (χ0v) is 9.09. The number of benzene rings is 1. The highest BCUT2D eigenvalue weighted by Crippen LogP contribution is 2.15. The molecule has 0 aliphatic carbocycles. The lowest BCUT2D eigenvalue weighted by molar-refractivity contribution is 0.0696. The maximum atomic E-state index is 12.3. The van der Waals surface area contributed by atoms with Gasteiger partial charge in [-0.3, -0.25) is 0 Å². The first-order valence-electron chi connectivity index (χ1n) is 4.93. The van der Waals surface area contributed by atoms with Crippen LogP contribution in [0.3, 0.4) is 0 Å². The van der Waals surface area contributed by atoms with E-state index in [9.17, 15) is 9.18 Å². The first-order valence-corrected chi connectivity index (χ1v) is 4.93. The smallest absolute Gasteiger partial charge is 0.337 e. The number of aromatic nitrogens is 3. The molecule has 6 heteroatoms. The van der Waals surface area contributed by atoms with E-state index >= 15 is 0 Å². The van der Waals surface area contributed by atoms with E-state index < -0.39 is 12.6 Å². The molecule has 0 saturated carbocycles. The van der Waals surface area contributed by atoms with E-state index in [2.05, 4.69) is 10.2 Å². The van der Waals surface area contributed by atoms with E-state index in [0.29, 0.717) is 5.69 Å². The summed E-state index contributed by atoms with van der Waals surface area (Å²) < 4.78 is 12.3. The summed E-state index contributed by atoms with van der Waals surface area (Å²) in [7, 11) is 0. The van der Waals surface area contributed by atoms with Crippen LogP contribution in [0.15, 0.2) is 24.4 Å². The molecule has 0 saturated heterocycles. The Hall–Kier alpha value is -2.24. The van der Waals surface area contributed by atoms with Crippen molar-refractivity contribution in [3.8, 4) is 5.69 Å². The summed E-state index contributed by atoms with van der Waals surface area (Å²) >= 11 is 0. The van der Waals surface area contributed by atoms with Crippen molar-refractivity contribution in [3.63, 3.8) is 0 Å². The number of nitrogens with zero attached hydrogens (tertiary/aromatic N) is 3. The molecule has 0 aliphatic heterocycles. The predicted octanol–water partition coefficient (Wildman–Crippen LogP) is 1.74. The summed E-state index contributed by atoms with van der Waals surface area (Å²) in [5.74, 6) is -1.07. The number of alkyl halides is 1. The standard InChI is InChI=1S/C11H10FN3O2/c1-7-2-3-10(9(4-7)11(16)17)15-13-6-8(5-12)14-15/h2-4,6H,5H2,1H3,(H,16,17). The van der Waals surface area contributed by atoms with Crippen LogP contribution in [0, 0.1) is 6.92 Å². The van der Waals surface area contributed by atoms with Crippen molar-refractivity contribution in [2.75, 3.05) is 0 Å². The van der Waals surface area contributed by atoms with Crippen molar-refractivity contribution in [2.24, 2.45) is 0 Å². The van der Waals surface area contributed by atoms with Crippen LogP contribution in [-0.2, 0) is 6.67 Å². The van der Waals surface area contributed by atoms with E-state index in [1.165, 1.54) is 12.3 Å². The molecule has 5 nitrogen and oxygen atoms in total. The second kappa shape index (κ2) is 4.32. The molecule has 88 valence electrons. The summed E-state index contributed by atoms with van der Waals surface area (Å²) in [6.45, 7) is 1.06. The minimum atomic E-state index is -1.07. The molecule has 2 aromatic rings. The molecule has 0 aliphatic rings. The Morgan fingerprint density at radius 3 is 2.88 bits per heavy atom. The molecule has 0 unspecified atom stereocenters. The molecular weight excluding hydrogens is 225 g/mol. The van der Waals surface area contributed by atoms with Crippen molar-refractivity contribution in [2.45, 2.75) is 13.6 Å². The number of aryl methyl sites for hydroxylation is 1. The molecule has 0 radical (unpaired) electrons. The minimum Gasteiger partial charge on any atom is -0.478 e. The second-order valence-electron chi connectivity index (χ2n) is 3.58. The molecule has 1 N–H and O–H groups in total. The number of aromatic carboxylic acids is 1. The summed E-state index contributed by atoms with van der Waals surface area (Å²) in [4.78, 5) is 12.2. The van der Waals surface area contributed by atoms with Crippen LogP contribution in [0.2, 0.25) is 0 Å². The first-order chi connectivity index (χ1) is 8.11. The van der Waals surface area contributed by atoms with E-state index in [-0.39, 0.29) is 11.3 Å². The fourth-order valence-corrected chi connectivity index (χ4v) is 1.47. The maximum Gasteiger partial charge on any atom is 0.337 e. The quantitative estimate of drug-likeness (QED) is 0.879. The van der Waals surface area contributed by atoms with E-state index in [4.69, 9.17) is 5.11 Å². The van der Waals surface area contributed by atoms with Gasteiger partial charge in [0.25, 0.3) is 0 Å². The average molecular weight is 235 g/mol. The van der Waals surface area contributed by atoms with Gasteiger partial charge in [-0.25, -0.2) is 9.18 Å². The van der Waals surface area contributed by atoms with Crippen LogP contribution in [0.1, 0.15) is 21.6 Å². The third-order valence-electron chi connectivity index (χ3n) is 2.27. The molecule has 1 aromatic heterocycles. The fraction of sp³-hybridized carbons (Fsp3) is 0.182. The number of carboxylic acids is 1. The van der Waals surface area contributed by atoms with Gasteiger partial charge in [-0.1, -0.05) is 11.6 Å². The Morgan fingerprint density at radius 1 is 1.53 bits per heavy atom. The number of carbonyl (C=O) groups is 1. The topological polar surface area (TPSA) is 68.0 Å². The largest absolute Gasteiger partial charge is 0.478 e. The number of hydrogen-bond acceptors (Lipinski definition) is 3. The summed E-state index contributed by atoms with van der Waals surface area (Å²) in [6, 6.07) is 4.87. The van der Waals surface area contributed by atoms with Crippen LogP contribution in [0.25, 0.3) is 5.69 Å². The van der Waals surface area contributed by atoms with E-state index in [1.807, 2.05) is 0 Å². The van der Waals surface area contributed by atoms with Crippen molar-refractivity contribution < 1.29 is 14.3 Å². The molecule has 1 aromatic carbocycles. The molecule has 0 fully saturated rings. The van der Waals surface area contributed by atoms with Crippen LogP contribution in [0.4, 0.5) is 4.39 Å². The van der Waals surface area contributed by atoms with Gasteiger partial charge in [-0.2, -0.15) is 15.0 Å². The maximum absolute atomic E-state index is 12.3. The first kappa shape index (κ1) is 11.3. The van der Waals surface area contributed by atoms with Crippen LogP contribution < -0.4 is 0 Å². The number of rotatable bonds is 3. The third-order valence-corrected chi connectivity index (χ3v) is 2.27. The van der Waals surface area contributed by atoms with Crippen LogP contribution in [-0.4, -0.2) is 26.1 Å². The Balaban J connectivity index is 2.54. The zero-order chi connectivity index (χ0) is 12.4. The summed E-state index contributed by atoms with van der Waals surface area (Å²) in [5.41, 5.74) is 1.40. The van der Waals surface area contributed by atoms with Crippen molar-refractivity contribution in [1.29, 1.82) is 0 Å². The van der Waals surface area contributed by atoms with Gasteiger partial charge in [-0.05, 0) is 19.1 Å². The number of hydrogen-bond donors (Lipinski definition) is 1. The molecule has 2 rings (SSSR count). The Bertz CT molecular complexity index is 566. The summed E-state index contributed by atoms with van der Waals surface area (Å²) in [5, 5.41) is 16.7. The molecule has 1 heterocycles. The molecule has 17 heavy (non-hydrogen) atoms. The number of halogens is 1. The third kappa shape index (κ3) is 2.15. The fourth-order valence-electron chi connectivity index (χ4n) is 1.47. The van der Waals surface area contributed by atoms with Gasteiger partial charge in [0.1, 0.15) is 18.1 Å². The molecular formula is C11H10FN3O2. The van der Waals surface area contributed by atoms with E-state index in [1.54, 1.807) is 19.1 Å². The lowest BCUT2D eigenvalue weighted by Gasteiger charge is -2.05. The van der Waals surface area contributed by atoms with Crippen molar-refractivity contribution in [3.05, 3.63) is 41.2 Å². The van der Waals surface area contributed by atoms with Crippen LogP contribution >= 0.6 is 0 Å². The van der Waals surface area contributed by atoms with Gasteiger partial charge >= 0.3 is 5.97 Å². The highest BCUT2D eigenvalue weighted by molar-refractivity contribution is 5.92. The Morgan fingerprint density at radius 2 is 2.29 bits per heavy atom. The van der Waals surface area contributed by atoms with Crippen molar-refractivity contribution >= 4 is 5.97 Å². The molecule has 0 amide bonds. The normalized spacial score (nSPS) is 10.5. The minimum absolute atomic E-state index is 0.0889. The van der Waals surface area contributed by atoms with Crippen LogP contribution in [0.5, 0.6) is 0 Å². The predicted molar refractivity (Wildman–Crippen MR) is 57.9 cm³/mol. The number of carboxylic acid groups (broad SMARTS) is 1. The van der Waals surface area contributed by atoms with Gasteiger partial charge in [0.2, 0.25) is 0 Å². The monoisotopic (exact) mass is 235 g/mol. The van der Waals surface area contributed by atoms with Gasteiger partial charge in [0.05, 0.1) is 11.8 Å². The molecule has 0 spiro atoms. The van der Waals surface area contributed by atoms with Gasteiger partial charge in [-0.15, -0.1) is 0 Å². The molecule has 0 bridgehead atoms. The summed E-state index contributed by atoms with van der Waals surface area (Å²) in [6.07, 6.45) is 1.27. The van der Waals surface area contributed by atoms with Gasteiger partial charge < -0.3 is 5.11 Å². The highest BCUT2D eigenvalue weighted by atomic mass is 19.1. The second-order valence-corrected chi connectivity index (χ2v) is 3.58. The van der Waals surface area contributed by atoms with E-state index in [0.717, 1.165) is 10.4 Å². The van der Waals surface area contributed by atoms with Gasteiger partial charge in [0, 0.05) is 0 Å².